The van der Waals surface area contributed by atoms with E-state index in [4.69, 9.17) is 10.8 Å². The summed E-state index contributed by atoms with van der Waals surface area (Å²) in [7, 11) is 0. The van der Waals surface area contributed by atoms with E-state index < -0.39 is 6.09 Å². The minimum Gasteiger partial charge on any atom is -0.465 e. The highest BCUT2D eigenvalue weighted by molar-refractivity contribution is 5.82. The van der Waals surface area contributed by atoms with Crippen molar-refractivity contribution in [2.45, 2.75) is 12.8 Å². The lowest BCUT2D eigenvalue weighted by Crippen LogP contribution is -2.11. The molecule has 0 aliphatic carbocycles. The first-order valence-corrected chi connectivity index (χ1v) is 4.45. The summed E-state index contributed by atoms with van der Waals surface area (Å²) in [5.74, 6) is -0.369. The molecule has 1 aromatic carbocycles. The van der Waals surface area contributed by atoms with Gasteiger partial charge in [0, 0.05) is 12.1 Å². The zero-order valence-electron chi connectivity index (χ0n) is 8.06. The van der Waals surface area contributed by atoms with Crippen molar-refractivity contribution in [2.24, 2.45) is 5.73 Å². The lowest BCUT2D eigenvalue weighted by molar-refractivity contribution is -0.117. The Morgan fingerprint density at radius 3 is 2.73 bits per heavy atom. The second-order valence-corrected chi connectivity index (χ2v) is 3.10. The number of carboxylic acid groups (broad SMARTS) is 1. The largest absolute Gasteiger partial charge is 0.465 e. The molecule has 0 saturated carbocycles. The number of hydrogen-bond donors (Lipinski definition) is 3. The number of amides is 2. The third-order valence-electron chi connectivity index (χ3n) is 1.84. The van der Waals surface area contributed by atoms with E-state index in [9.17, 15) is 9.59 Å². The molecule has 0 aliphatic rings. The van der Waals surface area contributed by atoms with Crippen LogP contribution in [-0.2, 0) is 11.2 Å². The van der Waals surface area contributed by atoms with Crippen LogP contribution < -0.4 is 11.1 Å². The smallest absolute Gasteiger partial charge is 0.409 e. The molecule has 0 atom stereocenters. The molecule has 0 bridgehead atoms. The number of nitrogens with two attached hydrogens (primary N) is 1. The summed E-state index contributed by atoms with van der Waals surface area (Å²) in [4.78, 5) is 20.9. The zero-order valence-corrected chi connectivity index (χ0v) is 8.06. The molecule has 0 radical (unpaired) electrons. The Morgan fingerprint density at radius 1 is 1.40 bits per heavy atom. The van der Waals surface area contributed by atoms with Crippen LogP contribution >= 0.6 is 0 Å². The molecule has 1 rings (SSSR count). The van der Waals surface area contributed by atoms with E-state index in [2.05, 4.69) is 5.32 Å². The number of carbonyl (C=O) groups excluding carboxylic acids is 1. The number of benzene rings is 1. The second-order valence-electron chi connectivity index (χ2n) is 3.10. The van der Waals surface area contributed by atoms with Gasteiger partial charge >= 0.3 is 6.09 Å². The standard InChI is InChI=1S/C10H12N2O3/c11-9(13)5-4-7-2-1-3-8(6-7)12-10(14)15/h1-3,6,12H,4-5H2,(H2,11,13)(H,14,15). The van der Waals surface area contributed by atoms with Crippen molar-refractivity contribution in [3.8, 4) is 0 Å². The lowest BCUT2D eigenvalue weighted by atomic mass is 10.1. The zero-order chi connectivity index (χ0) is 11.3. The van der Waals surface area contributed by atoms with Crippen molar-refractivity contribution < 1.29 is 14.7 Å². The fourth-order valence-electron chi connectivity index (χ4n) is 1.20. The van der Waals surface area contributed by atoms with Gasteiger partial charge in [-0.15, -0.1) is 0 Å². The van der Waals surface area contributed by atoms with E-state index in [1.165, 1.54) is 0 Å². The van der Waals surface area contributed by atoms with Gasteiger partial charge in [0.15, 0.2) is 0 Å². The minimum atomic E-state index is -1.11. The number of rotatable bonds is 4. The molecule has 0 aliphatic heterocycles. The number of aryl methyl sites for hydroxylation is 1. The van der Waals surface area contributed by atoms with Crippen LogP contribution in [0.15, 0.2) is 24.3 Å². The second kappa shape index (κ2) is 4.99. The molecule has 5 heteroatoms. The van der Waals surface area contributed by atoms with Gasteiger partial charge in [0.25, 0.3) is 0 Å². The number of carbonyl (C=O) groups is 2. The molecular weight excluding hydrogens is 196 g/mol. The monoisotopic (exact) mass is 208 g/mol. The van der Waals surface area contributed by atoms with Crippen molar-refractivity contribution in [2.75, 3.05) is 5.32 Å². The molecule has 15 heavy (non-hydrogen) atoms. The molecule has 0 heterocycles. The van der Waals surface area contributed by atoms with Crippen molar-refractivity contribution in [1.82, 2.24) is 0 Å². The summed E-state index contributed by atoms with van der Waals surface area (Å²) in [5, 5.41) is 10.7. The summed E-state index contributed by atoms with van der Waals surface area (Å²) in [6, 6.07) is 6.86. The Kier molecular flexibility index (Phi) is 3.68. The van der Waals surface area contributed by atoms with Gasteiger partial charge in [0.1, 0.15) is 0 Å². The summed E-state index contributed by atoms with van der Waals surface area (Å²) in [5.41, 5.74) is 6.38. The van der Waals surface area contributed by atoms with Crippen molar-refractivity contribution in [1.29, 1.82) is 0 Å². The Labute approximate surface area is 86.9 Å². The highest BCUT2D eigenvalue weighted by atomic mass is 16.4. The van der Waals surface area contributed by atoms with Gasteiger partial charge in [0.2, 0.25) is 5.91 Å². The van der Waals surface area contributed by atoms with Gasteiger partial charge in [0.05, 0.1) is 0 Å². The summed E-state index contributed by atoms with van der Waals surface area (Å²) in [6.45, 7) is 0. The number of anilines is 1. The molecule has 0 unspecified atom stereocenters. The third kappa shape index (κ3) is 4.12. The fraction of sp³-hybridized carbons (Fsp3) is 0.200. The normalized spacial score (nSPS) is 9.60. The van der Waals surface area contributed by atoms with Crippen LogP contribution in [0.25, 0.3) is 0 Å². The maximum atomic E-state index is 10.5. The van der Waals surface area contributed by atoms with Crippen LogP contribution in [0, 0.1) is 0 Å². The molecule has 2 amide bonds. The van der Waals surface area contributed by atoms with Gasteiger partial charge in [-0.05, 0) is 24.1 Å². The quantitative estimate of drug-likeness (QED) is 0.694. The van der Waals surface area contributed by atoms with E-state index in [0.29, 0.717) is 12.1 Å². The molecule has 0 spiro atoms. The summed E-state index contributed by atoms with van der Waals surface area (Å²) < 4.78 is 0. The minimum absolute atomic E-state index is 0.260. The van der Waals surface area contributed by atoms with Crippen molar-refractivity contribution in [3.63, 3.8) is 0 Å². The van der Waals surface area contributed by atoms with E-state index in [-0.39, 0.29) is 12.3 Å². The SMILES string of the molecule is NC(=O)CCc1cccc(NC(=O)O)c1. The maximum Gasteiger partial charge on any atom is 0.409 e. The Bertz CT molecular complexity index is 377. The van der Waals surface area contributed by atoms with Gasteiger partial charge < -0.3 is 10.8 Å². The highest BCUT2D eigenvalue weighted by Crippen LogP contribution is 2.11. The van der Waals surface area contributed by atoms with Gasteiger partial charge in [-0.25, -0.2) is 4.79 Å². The third-order valence-corrected chi connectivity index (χ3v) is 1.84. The van der Waals surface area contributed by atoms with E-state index >= 15 is 0 Å². The molecule has 4 N–H and O–H groups in total. The van der Waals surface area contributed by atoms with Crippen LogP contribution in [0.3, 0.4) is 0 Å². The molecule has 0 aromatic heterocycles. The van der Waals surface area contributed by atoms with Crippen LogP contribution in [0.1, 0.15) is 12.0 Å². The molecular formula is C10H12N2O3. The Hall–Kier alpha value is -2.04. The molecule has 5 nitrogen and oxygen atoms in total. The molecule has 0 saturated heterocycles. The lowest BCUT2D eigenvalue weighted by Gasteiger charge is -2.03. The molecule has 0 fully saturated rings. The van der Waals surface area contributed by atoms with E-state index in [0.717, 1.165) is 5.56 Å². The summed E-state index contributed by atoms with van der Waals surface area (Å²) in [6.07, 6.45) is -0.330. The number of hydrogen-bond acceptors (Lipinski definition) is 2. The van der Waals surface area contributed by atoms with Gasteiger partial charge in [-0.2, -0.15) is 0 Å². The maximum absolute atomic E-state index is 10.5. The highest BCUT2D eigenvalue weighted by Gasteiger charge is 2.01. The molecule has 1 aromatic rings. The number of nitrogens with one attached hydrogen (secondary N) is 1. The van der Waals surface area contributed by atoms with Gasteiger partial charge in [-0.1, -0.05) is 12.1 Å². The Balaban J connectivity index is 2.65. The average Bonchev–Trinajstić information content (AvgIpc) is 2.14. The summed E-state index contributed by atoms with van der Waals surface area (Å²) >= 11 is 0. The van der Waals surface area contributed by atoms with Gasteiger partial charge in [-0.3, -0.25) is 10.1 Å². The van der Waals surface area contributed by atoms with E-state index in [1.54, 1.807) is 18.2 Å². The van der Waals surface area contributed by atoms with Crippen LogP contribution in [-0.4, -0.2) is 17.1 Å². The number of primary amides is 1. The van der Waals surface area contributed by atoms with E-state index in [1.807, 2.05) is 6.07 Å². The average molecular weight is 208 g/mol. The first-order valence-electron chi connectivity index (χ1n) is 4.45. The topological polar surface area (TPSA) is 92.4 Å². The Morgan fingerprint density at radius 2 is 2.13 bits per heavy atom. The van der Waals surface area contributed by atoms with Crippen LogP contribution in [0.5, 0.6) is 0 Å². The predicted octanol–water partition coefficient (Wildman–Crippen LogP) is 1.19. The molecule has 80 valence electrons. The van der Waals surface area contributed by atoms with Crippen molar-refractivity contribution in [3.05, 3.63) is 29.8 Å². The van der Waals surface area contributed by atoms with Crippen LogP contribution in [0.4, 0.5) is 10.5 Å². The first kappa shape index (κ1) is 11.0. The van der Waals surface area contributed by atoms with Crippen LogP contribution in [0.2, 0.25) is 0 Å². The fourth-order valence-corrected chi connectivity index (χ4v) is 1.20. The first-order chi connectivity index (χ1) is 7.08. The predicted molar refractivity (Wildman–Crippen MR) is 55.6 cm³/mol. The van der Waals surface area contributed by atoms with Crippen molar-refractivity contribution >= 4 is 17.7 Å².